The predicted octanol–water partition coefficient (Wildman–Crippen LogP) is -1.68. The second kappa shape index (κ2) is 9.63. The van der Waals surface area contributed by atoms with Crippen molar-refractivity contribution in [1.82, 2.24) is 5.01 Å². The van der Waals surface area contributed by atoms with E-state index in [0.29, 0.717) is 6.42 Å². The molecule has 0 aliphatic carbocycles. The van der Waals surface area contributed by atoms with Gasteiger partial charge in [-0.1, -0.05) is 17.4 Å². The van der Waals surface area contributed by atoms with Crippen LogP contribution in [0.1, 0.15) is 18.4 Å². The van der Waals surface area contributed by atoms with Crippen LogP contribution in [0, 0.1) is 0 Å². The van der Waals surface area contributed by atoms with Crippen molar-refractivity contribution in [2.75, 3.05) is 14.1 Å². The zero-order chi connectivity index (χ0) is 12.7. The third-order valence-electron chi connectivity index (χ3n) is 2.12. The fourth-order valence-corrected chi connectivity index (χ4v) is 1.31. The minimum absolute atomic E-state index is 0. The summed E-state index contributed by atoms with van der Waals surface area (Å²) in [4.78, 5) is 10.2. The number of hydrogen-bond donors (Lipinski definition) is 0. The molecule has 0 unspecified atom stereocenters. The monoisotopic (exact) mass is 273 g/mol. The number of carbonyl (C=O) groups excluding carboxylic acids is 1. The number of carboxylic acid groups (broad SMARTS) is 1. The van der Waals surface area contributed by atoms with Crippen molar-refractivity contribution in [3.05, 3.63) is 29.8 Å². The number of nitrogens with zero attached hydrogens (tertiary/aromatic N) is 3. The van der Waals surface area contributed by atoms with Gasteiger partial charge in [-0.05, 0) is 37.0 Å². The molecule has 1 aromatic rings. The van der Waals surface area contributed by atoms with Gasteiger partial charge in [0, 0.05) is 20.1 Å². The molecule has 0 saturated carbocycles. The van der Waals surface area contributed by atoms with Gasteiger partial charge in [-0.2, -0.15) is 0 Å². The molecule has 18 heavy (non-hydrogen) atoms. The van der Waals surface area contributed by atoms with E-state index >= 15 is 0 Å². The summed E-state index contributed by atoms with van der Waals surface area (Å²) in [5.41, 5.74) is 1.87. The maximum Gasteiger partial charge on any atom is 1.00 e. The van der Waals surface area contributed by atoms with Crippen molar-refractivity contribution in [3.8, 4) is 0 Å². The summed E-state index contributed by atoms with van der Waals surface area (Å²) >= 11 is 0. The summed E-state index contributed by atoms with van der Waals surface area (Å²) in [6.45, 7) is 0. The zero-order valence-corrected chi connectivity index (χ0v) is 14.2. The van der Waals surface area contributed by atoms with E-state index in [1.165, 1.54) is 0 Å². The number of carboxylic acids is 1. The van der Waals surface area contributed by atoms with Gasteiger partial charge >= 0.3 is 51.4 Å². The number of hydrogen-bond acceptors (Lipinski definition) is 4. The van der Waals surface area contributed by atoms with Crippen LogP contribution in [0.4, 0.5) is 5.69 Å². The van der Waals surface area contributed by atoms with Gasteiger partial charge in [-0.15, -0.1) is 5.11 Å². The molecular weight excluding hydrogens is 257 g/mol. The van der Waals surface area contributed by atoms with Gasteiger partial charge in [0.15, 0.2) is 0 Å². The van der Waals surface area contributed by atoms with Gasteiger partial charge in [-0.25, -0.2) is 0 Å². The van der Waals surface area contributed by atoms with E-state index < -0.39 is 5.97 Å². The number of aliphatic carboxylic acids is 1. The Bertz CT molecular complexity index is 391. The molecule has 6 heteroatoms. The summed E-state index contributed by atoms with van der Waals surface area (Å²) in [5, 5.41) is 19.8. The minimum atomic E-state index is -0.999. The summed E-state index contributed by atoms with van der Waals surface area (Å²) in [6, 6.07) is 7.58. The van der Waals surface area contributed by atoms with Crippen molar-refractivity contribution in [3.63, 3.8) is 0 Å². The average Bonchev–Trinajstić information content (AvgIpc) is 2.27. The van der Waals surface area contributed by atoms with E-state index in [4.69, 9.17) is 0 Å². The zero-order valence-electron chi connectivity index (χ0n) is 11.1. The van der Waals surface area contributed by atoms with Crippen LogP contribution >= 0.6 is 0 Å². The molecule has 1 aromatic carbocycles. The molecule has 0 fully saturated rings. The second-order valence-corrected chi connectivity index (χ2v) is 3.93. The molecule has 0 N–H and O–H groups in total. The van der Waals surface area contributed by atoms with Gasteiger partial charge in [0.1, 0.15) is 0 Å². The smallest absolute Gasteiger partial charge is 0.550 e. The first-order valence-corrected chi connectivity index (χ1v) is 5.45. The van der Waals surface area contributed by atoms with E-state index in [0.717, 1.165) is 17.7 Å². The molecular formula is C12H16KN3O2. The molecule has 0 aromatic heterocycles. The van der Waals surface area contributed by atoms with E-state index in [2.05, 4.69) is 10.3 Å². The third-order valence-corrected chi connectivity index (χ3v) is 2.12. The standard InChI is InChI=1S/C12H17N3O2.K/c1-15(2)14-13-11-8-6-10(7-9-11)4-3-5-12(16)17;/h6-9H,3-5H2,1-2H3,(H,16,17);/q;+1/p-1. The Morgan fingerprint density at radius 2 is 1.89 bits per heavy atom. The molecule has 0 bridgehead atoms. The second-order valence-electron chi connectivity index (χ2n) is 3.93. The van der Waals surface area contributed by atoms with Crippen LogP contribution in [0.5, 0.6) is 0 Å². The van der Waals surface area contributed by atoms with E-state index in [-0.39, 0.29) is 57.8 Å². The molecule has 0 spiro atoms. The Morgan fingerprint density at radius 3 is 2.39 bits per heavy atom. The van der Waals surface area contributed by atoms with Gasteiger partial charge in [0.2, 0.25) is 0 Å². The fourth-order valence-electron chi connectivity index (χ4n) is 1.31. The van der Waals surface area contributed by atoms with Crippen molar-refractivity contribution in [2.24, 2.45) is 10.3 Å². The van der Waals surface area contributed by atoms with Gasteiger partial charge in [0.05, 0.1) is 5.69 Å². The van der Waals surface area contributed by atoms with Crippen LogP contribution in [0.2, 0.25) is 0 Å². The molecule has 0 aliphatic rings. The van der Waals surface area contributed by atoms with E-state index in [1.54, 1.807) is 19.1 Å². The maximum absolute atomic E-state index is 10.2. The van der Waals surface area contributed by atoms with Crippen LogP contribution < -0.4 is 56.5 Å². The third kappa shape index (κ3) is 7.94. The topological polar surface area (TPSA) is 68.1 Å². The van der Waals surface area contributed by atoms with Crippen LogP contribution in [0.3, 0.4) is 0 Å². The van der Waals surface area contributed by atoms with Crippen molar-refractivity contribution in [2.45, 2.75) is 19.3 Å². The Kier molecular flexibility index (Phi) is 9.48. The van der Waals surface area contributed by atoms with Gasteiger partial charge in [-0.3, -0.25) is 5.01 Å². The number of carbonyl (C=O) groups is 1. The van der Waals surface area contributed by atoms with Crippen LogP contribution in [0.25, 0.3) is 0 Å². The SMILES string of the molecule is CN(C)N=Nc1ccc(CCCC(=O)[O-])cc1.[K+]. The molecule has 0 heterocycles. The molecule has 0 atom stereocenters. The molecule has 92 valence electrons. The molecule has 0 radical (unpaired) electrons. The maximum atomic E-state index is 10.2. The average molecular weight is 273 g/mol. The summed E-state index contributed by atoms with van der Waals surface area (Å²) in [5.74, 6) is -0.999. The van der Waals surface area contributed by atoms with E-state index in [1.807, 2.05) is 24.3 Å². The molecule has 5 nitrogen and oxygen atoms in total. The van der Waals surface area contributed by atoms with Crippen LogP contribution in [0.15, 0.2) is 34.6 Å². The predicted molar refractivity (Wildman–Crippen MR) is 62.6 cm³/mol. The van der Waals surface area contributed by atoms with Gasteiger partial charge < -0.3 is 9.90 Å². The van der Waals surface area contributed by atoms with Crippen molar-refractivity contribution < 1.29 is 61.3 Å². The molecule has 1 rings (SSSR count). The number of aryl methyl sites for hydroxylation is 1. The molecule has 0 amide bonds. The number of rotatable bonds is 6. The normalized spacial score (nSPS) is 10.1. The van der Waals surface area contributed by atoms with Crippen molar-refractivity contribution in [1.29, 1.82) is 0 Å². The molecule has 0 saturated heterocycles. The first-order chi connectivity index (χ1) is 8.08. The fraction of sp³-hybridized carbons (Fsp3) is 0.417. The quantitative estimate of drug-likeness (QED) is 0.353. The van der Waals surface area contributed by atoms with Gasteiger partial charge in [0.25, 0.3) is 0 Å². The Labute approximate surface area is 150 Å². The van der Waals surface area contributed by atoms with Crippen LogP contribution in [-0.4, -0.2) is 25.1 Å². The summed E-state index contributed by atoms with van der Waals surface area (Å²) < 4.78 is 0. The van der Waals surface area contributed by atoms with Crippen LogP contribution in [-0.2, 0) is 11.2 Å². The summed E-state index contributed by atoms with van der Waals surface area (Å²) in [7, 11) is 3.61. The Morgan fingerprint density at radius 1 is 1.28 bits per heavy atom. The van der Waals surface area contributed by atoms with Crippen molar-refractivity contribution >= 4 is 11.7 Å². The first-order valence-electron chi connectivity index (χ1n) is 5.45. The largest absolute Gasteiger partial charge is 1.00 e. The number of benzene rings is 1. The minimum Gasteiger partial charge on any atom is -0.550 e. The Balaban J connectivity index is 0.00000289. The Hall–Kier alpha value is -0.274. The molecule has 0 aliphatic heterocycles. The first kappa shape index (κ1) is 17.7. The van der Waals surface area contributed by atoms with E-state index in [9.17, 15) is 9.90 Å². The summed E-state index contributed by atoms with van der Waals surface area (Å²) in [6.07, 6.45) is 1.43.